The van der Waals surface area contributed by atoms with E-state index in [9.17, 15) is 4.79 Å². The van der Waals surface area contributed by atoms with Crippen molar-refractivity contribution in [2.24, 2.45) is 4.99 Å². The van der Waals surface area contributed by atoms with Crippen molar-refractivity contribution in [3.63, 3.8) is 0 Å². The first kappa shape index (κ1) is 24.8. The number of amides is 1. The molecule has 8 heteroatoms. The standard InChI is InChI=1S/C25H30N6O.HI/c1-26-25(28-17-21-9-3-5-11-23(21)19-31-15-7-13-29-31)27-16-20-8-2-4-10-22(20)18-30-14-6-12-24(30)32;/h2-5,7-11,13,15H,6,12,14,16-19H2,1H3,(H2,26,27,28);1H. The van der Waals surface area contributed by atoms with Crippen molar-refractivity contribution in [3.05, 3.63) is 89.2 Å². The van der Waals surface area contributed by atoms with Crippen LogP contribution in [0.5, 0.6) is 0 Å². The number of carbonyl (C=O) groups is 1. The topological polar surface area (TPSA) is 74.6 Å². The Balaban J connectivity index is 0.00000306. The third-order valence-corrected chi connectivity index (χ3v) is 5.78. The first-order chi connectivity index (χ1) is 15.7. The zero-order valence-corrected chi connectivity index (χ0v) is 21.2. The molecular weight excluding hydrogens is 527 g/mol. The van der Waals surface area contributed by atoms with Gasteiger partial charge in [0.05, 0.1) is 6.54 Å². The summed E-state index contributed by atoms with van der Waals surface area (Å²) in [5.41, 5.74) is 4.78. The monoisotopic (exact) mass is 558 g/mol. The summed E-state index contributed by atoms with van der Waals surface area (Å²) in [7, 11) is 1.78. The Morgan fingerprint density at radius 1 is 0.939 bits per heavy atom. The van der Waals surface area contributed by atoms with Gasteiger partial charge in [0.1, 0.15) is 0 Å². The smallest absolute Gasteiger partial charge is 0.222 e. The van der Waals surface area contributed by atoms with Gasteiger partial charge in [-0.2, -0.15) is 5.10 Å². The molecule has 2 N–H and O–H groups in total. The molecule has 1 saturated heterocycles. The van der Waals surface area contributed by atoms with Crippen LogP contribution in [0.2, 0.25) is 0 Å². The molecule has 0 unspecified atom stereocenters. The van der Waals surface area contributed by atoms with Crippen molar-refractivity contribution in [1.82, 2.24) is 25.3 Å². The van der Waals surface area contributed by atoms with E-state index in [1.165, 1.54) is 22.3 Å². The lowest BCUT2D eigenvalue weighted by atomic mass is 10.1. The number of likely N-dealkylation sites (tertiary alicyclic amines) is 1. The van der Waals surface area contributed by atoms with Crippen molar-refractivity contribution in [3.8, 4) is 0 Å². The van der Waals surface area contributed by atoms with Crippen LogP contribution in [0.3, 0.4) is 0 Å². The number of hydrogen-bond donors (Lipinski definition) is 2. The lowest BCUT2D eigenvalue weighted by Crippen LogP contribution is -2.37. The molecule has 2 heterocycles. The van der Waals surface area contributed by atoms with Crippen molar-refractivity contribution < 1.29 is 4.79 Å². The fraction of sp³-hybridized carbons (Fsp3) is 0.320. The number of aromatic nitrogens is 2. The summed E-state index contributed by atoms with van der Waals surface area (Å²) in [4.78, 5) is 18.4. The molecule has 3 aromatic rings. The maximum Gasteiger partial charge on any atom is 0.222 e. The average molecular weight is 558 g/mol. The van der Waals surface area contributed by atoms with E-state index in [2.05, 4.69) is 57.1 Å². The van der Waals surface area contributed by atoms with E-state index >= 15 is 0 Å². The quantitative estimate of drug-likeness (QED) is 0.252. The molecule has 174 valence electrons. The van der Waals surface area contributed by atoms with Gasteiger partial charge in [-0.15, -0.1) is 24.0 Å². The first-order valence-corrected chi connectivity index (χ1v) is 11.1. The van der Waals surface area contributed by atoms with E-state index in [1.807, 2.05) is 34.0 Å². The molecule has 0 spiro atoms. The third kappa shape index (κ3) is 6.80. The molecule has 2 aromatic carbocycles. The molecule has 7 nitrogen and oxygen atoms in total. The molecular formula is C25H31IN6O. The summed E-state index contributed by atoms with van der Waals surface area (Å²) in [5, 5.41) is 11.1. The van der Waals surface area contributed by atoms with E-state index < -0.39 is 0 Å². The van der Waals surface area contributed by atoms with Crippen molar-refractivity contribution in [2.45, 2.75) is 39.0 Å². The average Bonchev–Trinajstić information content (AvgIpc) is 3.48. The zero-order valence-electron chi connectivity index (χ0n) is 18.9. The minimum Gasteiger partial charge on any atom is -0.352 e. The SMILES string of the molecule is CN=C(NCc1ccccc1CN1CCCC1=O)NCc1ccccc1Cn1cccn1.I. The number of aliphatic imine (C=N–C) groups is 1. The summed E-state index contributed by atoms with van der Waals surface area (Å²) < 4.78 is 1.92. The predicted molar refractivity (Wildman–Crippen MR) is 141 cm³/mol. The van der Waals surface area contributed by atoms with Gasteiger partial charge < -0.3 is 15.5 Å². The van der Waals surface area contributed by atoms with E-state index in [0.717, 1.165) is 25.5 Å². The van der Waals surface area contributed by atoms with Gasteiger partial charge in [0.2, 0.25) is 5.91 Å². The predicted octanol–water partition coefficient (Wildman–Crippen LogP) is 3.54. The molecule has 33 heavy (non-hydrogen) atoms. The fourth-order valence-corrected chi connectivity index (χ4v) is 3.99. The Bertz CT molecular complexity index is 1070. The highest BCUT2D eigenvalue weighted by molar-refractivity contribution is 14.0. The molecule has 0 aliphatic carbocycles. The normalized spacial score (nSPS) is 13.7. The van der Waals surface area contributed by atoms with Gasteiger partial charge in [-0.1, -0.05) is 48.5 Å². The molecule has 0 saturated carbocycles. The summed E-state index contributed by atoms with van der Waals surface area (Å²) in [6.45, 7) is 3.57. The van der Waals surface area contributed by atoms with Gasteiger partial charge >= 0.3 is 0 Å². The third-order valence-electron chi connectivity index (χ3n) is 5.78. The molecule has 0 bridgehead atoms. The molecule has 1 aliphatic rings. The second kappa shape index (κ2) is 12.4. The van der Waals surface area contributed by atoms with Gasteiger partial charge in [-0.25, -0.2) is 0 Å². The maximum absolute atomic E-state index is 12.0. The van der Waals surface area contributed by atoms with Gasteiger partial charge in [0, 0.05) is 52.0 Å². The Hall–Kier alpha value is -2.88. The number of guanidine groups is 1. The van der Waals surface area contributed by atoms with Crippen LogP contribution in [0.1, 0.15) is 35.1 Å². The zero-order chi connectivity index (χ0) is 22.2. The second-order valence-corrected chi connectivity index (χ2v) is 7.94. The molecule has 1 amide bonds. The first-order valence-electron chi connectivity index (χ1n) is 11.1. The van der Waals surface area contributed by atoms with Crippen molar-refractivity contribution in [1.29, 1.82) is 0 Å². The molecule has 1 aromatic heterocycles. The number of halogens is 1. The Morgan fingerprint density at radius 2 is 1.55 bits per heavy atom. The summed E-state index contributed by atoms with van der Waals surface area (Å²) in [6, 6.07) is 18.6. The lowest BCUT2D eigenvalue weighted by Gasteiger charge is -2.19. The number of nitrogens with one attached hydrogen (secondary N) is 2. The highest BCUT2D eigenvalue weighted by Crippen LogP contribution is 2.17. The fourth-order valence-electron chi connectivity index (χ4n) is 3.99. The lowest BCUT2D eigenvalue weighted by molar-refractivity contribution is -0.128. The molecule has 0 radical (unpaired) electrons. The van der Waals surface area contributed by atoms with Crippen molar-refractivity contribution in [2.75, 3.05) is 13.6 Å². The Labute approximate surface area is 212 Å². The van der Waals surface area contributed by atoms with Crippen LogP contribution in [-0.2, 0) is 31.0 Å². The van der Waals surface area contributed by atoms with Crippen molar-refractivity contribution >= 4 is 35.8 Å². The van der Waals surface area contributed by atoms with Gasteiger partial charge in [-0.3, -0.25) is 14.5 Å². The van der Waals surface area contributed by atoms with Crippen LogP contribution >= 0.6 is 24.0 Å². The maximum atomic E-state index is 12.0. The summed E-state index contributed by atoms with van der Waals surface area (Å²) >= 11 is 0. The number of benzene rings is 2. The molecule has 0 atom stereocenters. The Morgan fingerprint density at radius 3 is 2.06 bits per heavy atom. The number of carbonyl (C=O) groups excluding carboxylic acids is 1. The van der Waals surface area contributed by atoms with E-state index in [1.54, 1.807) is 13.2 Å². The van der Waals surface area contributed by atoms with Crippen LogP contribution in [0.25, 0.3) is 0 Å². The largest absolute Gasteiger partial charge is 0.352 e. The van der Waals surface area contributed by atoms with Gasteiger partial charge in [-0.05, 0) is 34.7 Å². The second-order valence-electron chi connectivity index (χ2n) is 7.94. The van der Waals surface area contributed by atoms with E-state index in [4.69, 9.17) is 0 Å². The van der Waals surface area contributed by atoms with E-state index in [0.29, 0.717) is 26.1 Å². The Kier molecular flexibility index (Phi) is 9.29. The minimum absolute atomic E-state index is 0. The van der Waals surface area contributed by atoms with E-state index in [-0.39, 0.29) is 29.9 Å². The number of hydrogen-bond acceptors (Lipinski definition) is 3. The highest BCUT2D eigenvalue weighted by Gasteiger charge is 2.20. The van der Waals surface area contributed by atoms with Crippen LogP contribution in [0.15, 0.2) is 72.0 Å². The van der Waals surface area contributed by atoms with Crippen LogP contribution < -0.4 is 10.6 Å². The minimum atomic E-state index is 0. The van der Waals surface area contributed by atoms with Gasteiger partial charge in [0.25, 0.3) is 0 Å². The van der Waals surface area contributed by atoms with Crippen LogP contribution in [-0.4, -0.2) is 40.1 Å². The summed E-state index contributed by atoms with van der Waals surface area (Å²) in [6.07, 6.45) is 5.39. The molecule has 1 fully saturated rings. The summed E-state index contributed by atoms with van der Waals surface area (Å²) in [5.74, 6) is 0.991. The highest BCUT2D eigenvalue weighted by atomic mass is 127. The molecule has 1 aliphatic heterocycles. The van der Waals surface area contributed by atoms with Gasteiger partial charge in [0.15, 0.2) is 5.96 Å². The van der Waals surface area contributed by atoms with Crippen LogP contribution in [0.4, 0.5) is 0 Å². The van der Waals surface area contributed by atoms with Crippen LogP contribution in [0, 0.1) is 0 Å². The number of nitrogens with zero attached hydrogens (tertiary/aromatic N) is 4. The molecule has 4 rings (SSSR count). The number of rotatable bonds is 8.